The van der Waals surface area contributed by atoms with Crippen molar-refractivity contribution in [3.63, 3.8) is 0 Å². The summed E-state index contributed by atoms with van der Waals surface area (Å²) in [4.78, 5) is 64.8. The van der Waals surface area contributed by atoms with Gasteiger partial charge in [-0.25, -0.2) is 4.79 Å². The number of amides is 5. The van der Waals surface area contributed by atoms with E-state index in [1.165, 1.54) is 12.1 Å². The summed E-state index contributed by atoms with van der Waals surface area (Å²) in [5.41, 5.74) is -0.176. The highest BCUT2D eigenvalue weighted by Crippen LogP contribution is 2.43. The van der Waals surface area contributed by atoms with Gasteiger partial charge in [0.1, 0.15) is 17.4 Å². The smallest absolute Gasteiger partial charge is 0.410 e. The lowest BCUT2D eigenvalue weighted by Gasteiger charge is -2.62. The zero-order valence-corrected chi connectivity index (χ0v) is 20.6. The van der Waals surface area contributed by atoms with E-state index in [9.17, 15) is 24.0 Å². The van der Waals surface area contributed by atoms with Crippen LogP contribution in [0.25, 0.3) is 0 Å². The molecule has 2 atom stereocenters. The number of benzene rings is 1. The number of rotatable bonds is 5. The third-order valence-corrected chi connectivity index (χ3v) is 7.22. The molecule has 4 heterocycles. The molecule has 11 heteroatoms. The lowest BCUT2D eigenvalue weighted by molar-refractivity contribution is -0.136. The van der Waals surface area contributed by atoms with Crippen LogP contribution in [0.3, 0.4) is 0 Å². The van der Waals surface area contributed by atoms with E-state index in [1.807, 2.05) is 20.8 Å². The molecule has 2 unspecified atom stereocenters. The fourth-order valence-electron chi connectivity index (χ4n) is 5.37. The Morgan fingerprint density at radius 1 is 1.11 bits per heavy atom. The second-order valence-electron chi connectivity index (χ2n) is 10.9. The lowest BCUT2D eigenvalue weighted by Crippen LogP contribution is -2.77. The van der Waals surface area contributed by atoms with Crippen LogP contribution in [0, 0.1) is 5.41 Å². The molecular formula is C25H30N4O7. The molecule has 36 heavy (non-hydrogen) atoms. The molecule has 4 aliphatic rings. The van der Waals surface area contributed by atoms with Gasteiger partial charge in [0.25, 0.3) is 11.8 Å². The van der Waals surface area contributed by atoms with Crippen LogP contribution in [0.4, 0.5) is 4.79 Å². The van der Waals surface area contributed by atoms with E-state index in [1.54, 1.807) is 11.0 Å². The van der Waals surface area contributed by atoms with Gasteiger partial charge in [-0.2, -0.15) is 0 Å². The van der Waals surface area contributed by atoms with Gasteiger partial charge in [0, 0.05) is 43.9 Å². The number of nitrogens with zero attached hydrogens (tertiary/aromatic N) is 2. The highest BCUT2D eigenvalue weighted by molar-refractivity contribution is 6.23. The highest BCUT2D eigenvalue weighted by atomic mass is 16.6. The van der Waals surface area contributed by atoms with E-state index < -0.39 is 35.3 Å². The van der Waals surface area contributed by atoms with Crippen molar-refractivity contribution >= 4 is 29.7 Å². The molecule has 0 aromatic heterocycles. The molecule has 1 spiro atoms. The predicted octanol–water partition coefficient (Wildman–Crippen LogP) is 1.07. The quantitative estimate of drug-likeness (QED) is 0.576. The molecule has 192 valence electrons. The number of piperidine rings is 1. The van der Waals surface area contributed by atoms with Gasteiger partial charge in [-0.1, -0.05) is 0 Å². The average Bonchev–Trinajstić information content (AvgIpc) is 2.98. The Bertz CT molecular complexity index is 1150. The number of nitrogens with one attached hydrogen (secondary N) is 2. The maximum absolute atomic E-state index is 13.0. The van der Waals surface area contributed by atoms with Crippen LogP contribution in [0.1, 0.15) is 60.7 Å². The molecule has 3 fully saturated rings. The van der Waals surface area contributed by atoms with Crippen LogP contribution in [0.15, 0.2) is 18.2 Å². The molecule has 0 saturated carbocycles. The summed E-state index contributed by atoms with van der Waals surface area (Å²) in [7, 11) is 0. The molecule has 0 aliphatic carbocycles. The van der Waals surface area contributed by atoms with Gasteiger partial charge in [-0.3, -0.25) is 29.4 Å². The van der Waals surface area contributed by atoms with E-state index >= 15 is 0 Å². The Kier molecular flexibility index (Phi) is 5.77. The number of ether oxygens (including phenoxy) is 2. The zero-order valence-electron chi connectivity index (χ0n) is 20.6. The molecule has 0 radical (unpaired) electrons. The Morgan fingerprint density at radius 3 is 2.47 bits per heavy atom. The van der Waals surface area contributed by atoms with Crippen molar-refractivity contribution in [3.8, 4) is 5.75 Å². The number of hydrogen-bond donors (Lipinski definition) is 2. The Balaban J connectivity index is 1.23. The summed E-state index contributed by atoms with van der Waals surface area (Å²) < 4.78 is 11.5. The number of imide groups is 2. The summed E-state index contributed by atoms with van der Waals surface area (Å²) in [6.45, 7) is 8.14. The second-order valence-corrected chi connectivity index (χ2v) is 10.9. The molecule has 5 rings (SSSR count). The van der Waals surface area contributed by atoms with Crippen molar-refractivity contribution < 1.29 is 33.4 Å². The SMILES string of the molecule is CC(C)(C)OC(=O)N1CC2(CNC2)C1CCOc1ccc2c(c1)C(=O)N(C1CCC(=O)NC1=O)C2=O. The maximum atomic E-state index is 13.0. The Hall–Kier alpha value is -3.47. The van der Waals surface area contributed by atoms with E-state index in [0.717, 1.165) is 18.0 Å². The van der Waals surface area contributed by atoms with Crippen LogP contribution >= 0.6 is 0 Å². The van der Waals surface area contributed by atoms with Gasteiger partial charge in [0.05, 0.1) is 17.7 Å². The standard InChI is InChI=1S/C25H30N4O7/c1-24(2,3)36-23(34)28-13-25(11-26-12-25)18(28)8-9-35-14-4-5-15-16(10-14)22(33)29(21(15)32)17-6-7-19(30)27-20(17)31/h4-5,10,17-18,26H,6-9,11-13H2,1-3H3,(H,27,30,31). The average molecular weight is 499 g/mol. The number of carbonyl (C=O) groups is 5. The third kappa shape index (κ3) is 4.11. The predicted molar refractivity (Wildman–Crippen MR) is 125 cm³/mol. The first kappa shape index (κ1) is 24.2. The van der Waals surface area contributed by atoms with Gasteiger partial charge >= 0.3 is 6.09 Å². The van der Waals surface area contributed by atoms with Gasteiger partial charge in [-0.05, 0) is 45.4 Å². The molecule has 1 aromatic carbocycles. The number of carbonyl (C=O) groups excluding carboxylic acids is 5. The summed E-state index contributed by atoms with van der Waals surface area (Å²) in [5.74, 6) is -1.78. The topological polar surface area (TPSA) is 134 Å². The first-order valence-corrected chi connectivity index (χ1v) is 12.2. The number of likely N-dealkylation sites (tertiary alicyclic amines) is 1. The largest absolute Gasteiger partial charge is 0.493 e. The van der Waals surface area contributed by atoms with Gasteiger partial charge in [-0.15, -0.1) is 0 Å². The van der Waals surface area contributed by atoms with Crippen molar-refractivity contribution in [1.29, 1.82) is 0 Å². The fourth-order valence-corrected chi connectivity index (χ4v) is 5.37. The normalized spacial score (nSPS) is 24.8. The van der Waals surface area contributed by atoms with Crippen LogP contribution in [-0.4, -0.2) is 83.4 Å². The molecule has 11 nitrogen and oxygen atoms in total. The molecule has 5 amide bonds. The minimum atomic E-state index is -1.01. The molecule has 4 aliphatic heterocycles. The molecule has 2 N–H and O–H groups in total. The minimum Gasteiger partial charge on any atom is -0.493 e. The van der Waals surface area contributed by atoms with Crippen LogP contribution in [-0.2, 0) is 14.3 Å². The summed E-state index contributed by atoms with van der Waals surface area (Å²) in [6, 6.07) is 3.61. The van der Waals surface area contributed by atoms with Crippen LogP contribution in [0.5, 0.6) is 5.75 Å². The van der Waals surface area contributed by atoms with Crippen molar-refractivity contribution in [2.24, 2.45) is 5.41 Å². The van der Waals surface area contributed by atoms with Crippen molar-refractivity contribution in [2.45, 2.75) is 57.7 Å². The van der Waals surface area contributed by atoms with Gasteiger partial charge < -0.3 is 19.7 Å². The molecular weight excluding hydrogens is 468 g/mol. The fraction of sp³-hybridized carbons (Fsp3) is 0.560. The van der Waals surface area contributed by atoms with E-state index in [0.29, 0.717) is 25.3 Å². The van der Waals surface area contributed by atoms with E-state index in [2.05, 4.69) is 10.6 Å². The van der Waals surface area contributed by atoms with Crippen molar-refractivity contribution in [2.75, 3.05) is 26.2 Å². The van der Waals surface area contributed by atoms with Gasteiger partial charge in [0.2, 0.25) is 11.8 Å². The summed E-state index contributed by atoms with van der Waals surface area (Å²) in [6.07, 6.45) is 0.426. The van der Waals surface area contributed by atoms with Crippen molar-refractivity contribution in [1.82, 2.24) is 20.4 Å². The third-order valence-electron chi connectivity index (χ3n) is 7.22. The van der Waals surface area contributed by atoms with Crippen LogP contribution in [0.2, 0.25) is 0 Å². The first-order chi connectivity index (χ1) is 17.0. The summed E-state index contributed by atoms with van der Waals surface area (Å²) in [5, 5.41) is 5.47. The summed E-state index contributed by atoms with van der Waals surface area (Å²) >= 11 is 0. The monoisotopic (exact) mass is 498 g/mol. The number of hydrogen-bond acceptors (Lipinski definition) is 8. The number of fused-ring (bicyclic) bond motifs is 1. The highest BCUT2D eigenvalue weighted by Gasteiger charge is 2.58. The van der Waals surface area contributed by atoms with Crippen LogP contribution < -0.4 is 15.4 Å². The Morgan fingerprint density at radius 2 is 1.83 bits per heavy atom. The minimum absolute atomic E-state index is 0.0192. The molecule has 0 bridgehead atoms. The van der Waals surface area contributed by atoms with E-state index in [4.69, 9.17) is 9.47 Å². The zero-order chi connectivity index (χ0) is 25.8. The Labute approximate surface area is 208 Å². The van der Waals surface area contributed by atoms with E-state index in [-0.39, 0.29) is 41.5 Å². The van der Waals surface area contributed by atoms with Gasteiger partial charge in [0.15, 0.2) is 0 Å². The lowest BCUT2D eigenvalue weighted by atomic mass is 9.66. The first-order valence-electron chi connectivity index (χ1n) is 12.2. The molecule has 3 saturated heterocycles. The van der Waals surface area contributed by atoms with Crippen molar-refractivity contribution in [3.05, 3.63) is 29.3 Å². The molecule has 1 aromatic rings. The maximum Gasteiger partial charge on any atom is 0.410 e. The second kappa shape index (κ2) is 8.58.